The maximum Gasteiger partial charge on any atom is 0.542 e. The summed E-state index contributed by atoms with van der Waals surface area (Å²) in [4.78, 5) is 26.3. The van der Waals surface area contributed by atoms with Crippen molar-refractivity contribution in [3.63, 3.8) is 0 Å². The molecule has 1 aliphatic rings. The fourth-order valence-corrected chi connectivity index (χ4v) is 2.22. The highest BCUT2D eigenvalue weighted by Gasteiger charge is 2.23. The third kappa shape index (κ3) is 2.77. The number of hydrogen-bond acceptors (Lipinski definition) is 5. The average Bonchev–Trinajstić information content (AvgIpc) is 2.41. The van der Waals surface area contributed by atoms with E-state index in [0.29, 0.717) is 0 Å². The van der Waals surface area contributed by atoms with Crippen molar-refractivity contribution < 1.29 is 23.5 Å². The molecule has 0 radical (unpaired) electrons. The van der Waals surface area contributed by atoms with Crippen LogP contribution in [0.15, 0.2) is 30.3 Å². The molecule has 6 heteroatoms. The van der Waals surface area contributed by atoms with Crippen LogP contribution in [-0.4, -0.2) is 26.5 Å². The first-order chi connectivity index (χ1) is 7.74. The zero-order chi connectivity index (χ0) is 11.4. The lowest BCUT2D eigenvalue weighted by atomic mass is 10.2. The van der Waals surface area contributed by atoms with Crippen LogP contribution in [0, 0.1) is 0 Å². The zero-order valence-corrected chi connectivity index (χ0v) is 9.21. The molecule has 0 aromatic heterocycles. The van der Waals surface area contributed by atoms with Crippen LogP contribution in [0.2, 0.25) is 0 Å². The first-order valence-electron chi connectivity index (χ1n) is 4.59. The van der Waals surface area contributed by atoms with E-state index in [-0.39, 0.29) is 0 Å². The summed E-state index contributed by atoms with van der Waals surface area (Å²) in [6.45, 7) is 0. The molecule has 1 aliphatic heterocycles. The molecular formula is C10H8O5Si. The van der Waals surface area contributed by atoms with Crippen molar-refractivity contribution in [2.24, 2.45) is 0 Å². The molecule has 1 heterocycles. The van der Waals surface area contributed by atoms with Gasteiger partial charge in [-0.1, -0.05) is 30.3 Å². The van der Waals surface area contributed by atoms with Gasteiger partial charge in [0, 0.05) is 5.67 Å². The van der Waals surface area contributed by atoms with Crippen LogP contribution in [-0.2, 0) is 23.5 Å². The summed E-state index contributed by atoms with van der Waals surface area (Å²) >= 11 is 0. The Morgan fingerprint density at radius 2 is 1.88 bits per heavy atom. The second kappa shape index (κ2) is 4.71. The van der Waals surface area contributed by atoms with Crippen LogP contribution in [0.25, 0.3) is 0 Å². The molecule has 82 valence electrons. The molecule has 1 fully saturated rings. The Labute approximate surface area is 92.9 Å². The van der Waals surface area contributed by atoms with Gasteiger partial charge in [-0.3, -0.25) is 9.68 Å². The van der Waals surface area contributed by atoms with Crippen LogP contribution in [0.5, 0.6) is 0 Å². The summed E-state index contributed by atoms with van der Waals surface area (Å²) < 4.78 is 9.67. The summed E-state index contributed by atoms with van der Waals surface area (Å²) in [5, 5.41) is 0. The Kier molecular flexibility index (Phi) is 3.11. The van der Waals surface area contributed by atoms with E-state index in [1.807, 2.05) is 30.3 Å². The summed E-state index contributed by atoms with van der Waals surface area (Å²) in [7, 11) is -2.04. The average molecular weight is 236 g/mol. The van der Waals surface area contributed by atoms with Crippen molar-refractivity contribution in [1.29, 1.82) is 0 Å². The summed E-state index contributed by atoms with van der Waals surface area (Å²) in [5.41, 5.74) is 2.49. The van der Waals surface area contributed by atoms with E-state index in [1.165, 1.54) is 0 Å². The molecule has 5 nitrogen and oxygen atoms in total. The van der Waals surface area contributed by atoms with Gasteiger partial charge in [-0.05, 0) is 5.56 Å². The zero-order valence-electron chi connectivity index (χ0n) is 8.21. The van der Waals surface area contributed by atoms with Crippen LogP contribution >= 0.6 is 0 Å². The number of hydrogen-bond donors (Lipinski definition) is 0. The van der Waals surface area contributed by atoms with Gasteiger partial charge in [0.05, 0.1) is 0 Å². The van der Waals surface area contributed by atoms with Gasteiger partial charge in [0.1, 0.15) is 6.42 Å². The second-order valence-corrected chi connectivity index (χ2v) is 4.36. The number of benzene rings is 1. The van der Waals surface area contributed by atoms with E-state index < -0.39 is 27.3 Å². The van der Waals surface area contributed by atoms with Crippen molar-refractivity contribution in [3.05, 3.63) is 35.9 Å². The Hall–Kier alpha value is -1.95. The van der Waals surface area contributed by atoms with E-state index in [0.717, 1.165) is 5.56 Å². The number of carbonyl (C=O) groups is 2. The fourth-order valence-electron chi connectivity index (χ4n) is 1.14. The van der Waals surface area contributed by atoms with Crippen molar-refractivity contribution in [1.82, 2.24) is 0 Å². The minimum Gasteiger partial charge on any atom is -0.456 e. The van der Waals surface area contributed by atoms with Gasteiger partial charge in [0.2, 0.25) is 0 Å². The predicted octanol–water partition coefficient (Wildman–Crippen LogP) is 0.328. The minimum absolute atomic E-state index is 0.406. The van der Waals surface area contributed by atoms with Gasteiger partial charge in [-0.25, -0.2) is 4.79 Å². The van der Waals surface area contributed by atoms with E-state index in [9.17, 15) is 9.59 Å². The summed E-state index contributed by atoms with van der Waals surface area (Å²) in [5.74, 6) is -1.35. The normalized spacial score (nSPS) is 18.4. The molecule has 16 heavy (non-hydrogen) atoms. The van der Waals surface area contributed by atoms with Gasteiger partial charge < -0.3 is 9.00 Å². The molecule has 1 aromatic rings. The van der Waals surface area contributed by atoms with Gasteiger partial charge in [-0.15, -0.1) is 0 Å². The van der Waals surface area contributed by atoms with Gasteiger partial charge in [0.15, 0.2) is 0 Å². The Balaban J connectivity index is 2.18. The first-order valence-corrected chi connectivity index (χ1v) is 5.98. The minimum atomic E-state index is -2.04. The molecule has 0 saturated carbocycles. The third-order valence-electron chi connectivity index (χ3n) is 1.80. The van der Waals surface area contributed by atoms with Crippen LogP contribution < -0.4 is 0 Å². The molecule has 0 unspecified atom stereocenters. The molecule has 0 aliphatic carbocycles. The van der Waals surface area contributed by atoms with Gasteiger partial charge >= 0.3 is 20.8 Å². The smallest absolute Gasteiger partial charge is 0.456 e. The van der Waals surface area contributed by atoms with Gasteiger partial charge in [-0.2, -0.15) is 0 Å². The standard InChI is InChI=1S/C10H8O5Si/c11-9-6-10(12)14-16(15-13-9)7-8-4-2-1-3-5-8/h1-5,7H,6H2/b16-7-. The van der Waals surface area contributed by atoms with Crippen molar-refractivity contribution >= 4 is 26.5 Å². The maximum atomic E-state index is 11.1. The molecule has 0 spiro atoms. The highest BCUT2D eigenvalue weighted by atomic mass is 28.3. The van der Waals surface area contributed by atoms with E-state index in [4.69, 9.17) is 9.00 Å². The molecular weight excluding hydrogens is 228 g/mol. The van der Waals surface area contributed by atoms with E-state index in [2.05, 4.69) is 4.89 Å². The molecule has 1 saturated heterocycles. The predicted molar refractivity (Wildman–Crippen MR) is 55.2 cm³/mol. The number of carbonyl (C=O) groups excluding carboxylic acids is 2. The highest BCUT2D eigenvalue weighted by molar-refractivity contribution is 6.58. The van der Waals surface area contributed by atoms with E-state index >= 15 is 0 Å². The molecule has 0 N–H and O–H groups in total. The summed E-state index contributed by atoms with van der Waals surface area (Å²) in [6.07, 6.45) is -0.406. The van der Waals surface area contributed by atoms with Crippen LogP contribution in [0.4, 0.5) is 0 Å². The van der Waals surface area contributed by atoms with Crippen molar-refractivity contribution in [2.45, 2.75) is 6.42 Å². The monoisotopic (exact) mass is 236 g/mol. The molecule has 2 rings (SSSR count). The Morgan fingerprint density at radius 3 is 2.62 bits per heavy atom. The SMILES string of the molecule is O=C1CC(=O)O/[Si](=C/c2ccccc2)OO1. The van der Waals surface area contributed by atoms with Crippen molar-refractivity contribution in [3.8, 4) is 0 Å². The lowest BCUT2D eigenvalue weighted by molar-refractivity contribution is -0.215. The van der Waals surface area contributed by atoms with Crippen molar-refractivity contribution in [2.75, 3.05) is 0 Å². The fraction of sp³-hybridized carbons (Fsp3) is 0.100. The lowest BCUT2D eigenvalue weighted by Gasteiger charge is -2.00. The molecule has 0 amide bonds. The molecule has 0 atom stereocenters. The molecule has 0 bridgehead atoms. The lowest BCUT2D eigenvalue weighted by Crippen LogP contribution is -2.17. The highest BCUT2D eigenvalue weighted by Crippen LogP contribution is 2.01. The van der Waals surface area contributed by atoms with Crippen LogP contribution in [0.1, 0.15) is 12.0 Å². The van der Waals surface area contributed by atoms with Crippen LogP contribution in [0.3, 0.4) is 0 Å². The first kappa shape index (κ1) is 10.6. The maximum absolute atomic E-state index is 11.1. The van der Waals surface area contributed by atoms with E-state index in [1.54, 1.807) is 5.67 Å². The quantitative estimate of drug-likeness (QED) is 0.399. The van der Waals surface area contributed by atoms with Gasteiger partial charge in [0.25, 0.3) is 0 Å². The molecule has 1 aromatic carbocycles. The topological polar surface area (TPSA) is 61.8 Å². The second-order valence-electron chi connectivity index (χ2n) is 3.06. The largest absolute Gasteiger partial charge is 0.542 e. The third-order valence-corrected chi connectivity index (χ3v) is 3.05. The summed E-state index contributed by atoms with van der Waals surface area (Å²) in [6, 6.07) is 9.23. The number of rotatable bonds is 1. The Morgan fingerprint density at radius 1 is 1.12 bits per heavy atom. The Bertz CT molecular complexity index is 440.